The molecule has 1 amide bonds. The van der Waals surface area contributed by atoms with Crippen molar-refractivity contribution >= 4 is 17.7 Å². The monoisotopic (exact) mass is 443 g/mol. The number of rotatable bonds is 10. The predicted molar refractivity (Wildman–Crippen MR) is 124 cm³/mol. The molecule has 0 radical (unpaired) electrons. The number of nitrogens with one attached hydrogen (secondary N) is 1. The molecular weight excluding hydrogens is 410 g/mol. The second-order valence-electron chi connectivity index (χ2n) is 8.13. The van der Waals surface area contributed by atoms with Crippen LogP contribution in [-0.2, 0) is 29.6 Å². The lowest BCUT2D eigenvalue weighted by Gasteiger charge is -2.22. The number of nitrogens with zero attached hydrogens (tertiary/aromatic N) is 2. The fraction of sp³-hybridized carbons (Fsp3) is 0.542. The van der Waals surface area contributed by atoms with Crippen molar-refractivity contribution in [2.45, 2.75) is 69.2 Å². The molecule has 6 nitrogen and oxygen atoms in total. The van der Waals surface area contributed by atoms with E-state index in [1.165, 1.54) is 31.0 Å². The van der Waals surface area contributed by atoms with E-state index in [1.807, 2.05) is 30.3 Å². The van der Waals surface area contributed by atoms with Gasteiger partial charge in [0, 0.05) is 44.4 Å². The molecule has 0 spiro atoms. The van der Waals surface area contributed by atoms with Crippen LogP contribution in [0.25, 0.3) is 0 Å². The lowest BCUT2D eigenvalue weighted by atomic mass is 9.95. The standard InChI is InChI=1S/C24H33N3O3S/c1-27-23(29)20(16-18-10-5-3-6-11-18)21(17-30-2)26-24(27)31-15-9-14-22(28)25-19-12-7-4-8-13-19/h3,5-6,10-11,19H,4,7-9,12-17H2,1-2H3,(H,25,28). The van der Waals surface area contributed by atoms with Gasteiger partial charge < -0.3 is 10.1 Å². The van der Waals surface area contributed by atoms with Gasteiger partial charge in [-0.2, -0.15) is 0 Å². The number of thioether (sulfide) groups is 1. The second kappa shape index (κ2) is 12.1. The summed E-state index contributed by atoms with van der Waals surface area (Å²) in [6.45, 7) is 0.301. The molecule has 1 fully saturated rings. The highest BCUT2D eigenvalue weighted by atomic mass is 32.2. The third-order valence-electron chi connectivity index (χ3n) is 5.68. The minimum absolute atomic E-state index is 0.0385. The first kappa shape index (κ1) is 23.5. The van der Waals surface area contributed by atoms with Crippen LogP contribution in [0.5, 0.6) is 0 Å². The molecule has 1 aromatic carbocycles. The summed E-state index contributed by atoms with van der Waals surface area (Å²) in [5.74, 6) is 0.871. The van der Waals surface area contributed by atoms with Crippen molar-refractivity contribution in [1.82, 2.24) is 14.9 Å². The van der Waals surface area contributed by atoms with Gasteiger partial charge in [-0.15, -0.1) is 0 Å². The van der Waals surface area contributed by atoms with Gasteiger partial charge in [0.2, 0.25) is 5.91 Å². The van der Waals surface area contributed by atoms with Crippen LogP contribution in [0.4, 0.5) is 0 Å². The number of methoxy groups -OCH3 is 1. The maximum Gasteiger partial charge on any atom is 0.257 e. The zero-order valence-electron chi connectivity index (χ0n) is 18.6. The molecule has 7 heteroatoms. The zero-order valence-corrected chi connectivity index (χ0v) is 19.4. The Labute approximate surface area is 188 Å². The SMILES string of the molecule is COCc1nc(SCCCC(=O)NC2CCCCC2)n(C)c(=O)c1Cc1ccccc1. The fourth-order valence-electron chi connectivity index (χ4n) is 3.98. The Morgan fingerprint density at radius 2 is 1.97 bits per heavy atom. The van der Waals surface area contributed by atoms with Gasteiger partial charge in [0.15, 0.2) is 5.16 Å². The quantitative estimate of drug-likeness (QED) is 0.343. The first-order valence-electron chi connectivity index (χ1n) is 11.1. The van der Waals surface area contributed by atoms with Gasteiger partial charge in [-0.05, 0) is 24.8 Å². The van der Waals surface area contributed by atoms with Gasteiger partial charge in [-0.1, -0.05) is 61.4 Å². The van der Waals surface area contributed by atoms with Gasteiger partial charge in [-0.25, -0.2) is 4.98 Å². The molecule has 168 valence electrons. The summed E-state index contributed by atoms with van der Waals surface area (Å²) in [5, 5.41) is 3.83. The molecule has 1 aliphatic rings. The molecule has 31 heavy (non-hydrogen) atoms. The molecule has 0 aliphatic heterocycles. The number of ether oxygens (including phenoxy) is 1. The summed E-state index contributed by atoms with van der Waals surface area (Å²) >= 11 is 1.52. The zero-order chi connectivity index (χ0) is 22.1. The molecule has 1 aromatic heterocycles. The minimum atomic E-state index is -0.0385. The molecule has 1 aliphatic carbocycles. The topological polar surface area (TPSA) is 73.2 Å². The smallest absolute Gasteiger partial charge is 0.257 e. The van der Waals surface area contributed by atoms with Crippen LogP contribution in [0.2, 0.25) is 0 Å². The Kier molecular flexibility index (Phi) is 9.15. The molecule has 0 atom stereocenters. The lowest BCUT2D eigenvalue weighted by Crippen LogP contribution is -2.36. The number of benzene rings is 1. The molecule has 0 bridgehead atoms. The van der Waals surface area contributed by atoms with E-state index in [2.05, 4.69) is 5.32 Å². The average molecular weight is 444 g/mol. The molecule has 0 unspecified atom stereocenters. The third kappa shape index (κ3) is 6.94. The summed E-state index contributed by atoms with van der Waals surface area (Å²) in [7, 11) is 3.38. The Morgan fingerprint density at radius 1 is 1.23 bits per heavy atom. The van der Waals surface area contributed by atoms with Gasteiger partial charge >= 0.3 is 0 Å². The Morgan fingerprint density at radius 3 is 2.68 bits per heavy atom. The van der Waals surface area contributed by atoms with Crippen molar-refractivity contribution in [3.8, 4) is 0 Å². The van der Waals surface area contributed by atoms with Crippen LogP contribution in [-0.4, -0.2) is 34.4 Å². The maximum absolute atomic E-state index is 13.0. The predicted octanol–water partition coefficient (Wildman–Crippen LogP) is 3.84. The average Bonchev–Trinajstić information content (AvgIpc) is 2.78. The van der Waals surface area contributed by atoms with Gasteiger partial charge in [-0.3, -0.25) is 14.2 Å². The van der Waals surface area contributed by atoms with Crippen LogP contribution >= 0.6 is 11.8 Å². The highest BCUT2D eigenvalue weighted by molar-refractivity contribution is 7.99. The lowest BCUT2D eigenvalue weighted by molar-refractivity contribution is -0.122. The maximum atomic E-state index is 13.0. The minimum Gasteiger partial charge on any atom is -0.378 e. The molecule has 1 heterocycles. The Bertz CT molecular complexity index is 908. The van der Waals surface area contributed by atoms with Crippen molar-refractivity contribution in [2.24, 2.45) is 7.05 Å². The first-order valence-corrected chi connectivity index (χ1v) is 12.1. The summed E-state index contributed by atoms with van der Waals surface area (Å²) in [6.07, 6.45) is 7.71. The summed E-state index contributed by atoms with van der Waals surface area (Å²) in [6, 6.07) is 10.3. The van der Waals surface area contributed by atoms with Crippen LogP contribution in [0.1, 0.15) is 61.8 Å². The Balaban J connectivity index is 1.59. The third-order valence-corrected chi connectivity index (χ3v) is 6.80. The molecule has 2 aromatic rings. The highest BCUT2D eigenvalue weighted by Crippen LogP contribution is 2.20. The first-order chi connectivity index (χ1) is 15.1. The van der Waals surface area contributed by atoms with Crippen molar-refractivity contribution in [1.29, 1.82) is 0 Å². The summed E-state index contributed by atoms with van der Waals surface area (Å²) in [4.78, 5) is 30.0. The van der Waals surface area contributed by atoms with E-state index in [-0.39, 0.29) is 11.5 Å². The van der Waals surface area contributed by atoms with Crippen molar-refractivity contribution in [3.05, 3.63) is 57.5 Å². The van der Waals surface area contributed by atoms with E-state index in [9.17, 15) is 9.59 Å². The molecule has 3 rings (SSSR count). The number of hydrogen-bond acceptors (Lipinski definition) is 5. The Hall–Kier alpha value is -2.12. The van der Waals surface area contributed by atoms with E-state index in [4.69, 9.17) is 9.72 Å². The van der Waals surface area contributed by atoms with E-state index in [0.717, 1.165) is 30.6 Å². The highest BCUT2D eigenvalue weighted by Gasteiger charge is 2.17. The van der Waals surface area contributed by atoms with Crippen molar-refractivity contribution in [2.75, 3.05) is 12.9 Å². The number of amides is 1. The van der Waals surface area contributed by atoms with Crippen LogP contribution in [0.3, 0.4) is 0 Å². The van der Waals surface area contributed by atoms with E-state index < -0.39 is 0 Å². The fourth-order valence-corrected chi connectivity index (χ4v) is 4.90. The van der Waals surface area contributed by atoms with E-state index >= 15 is 0 Å². The number of hydrogen-bond donors (Lipinski definition) is 1. The van der Waals surface area contributed by atoms with Crippen LogP contribution in [0, 0.1) is 0 Å². The molecule has 1 saturated carbocycles. The normalized spacial score (nSPS) is 14.5. The molecule has 1 N–H and O–H groups in total. The van der Waals surface area contributed by atoms with Crippen LogP contribution in [0.15, 0.2) is 40.3 Å². The van der Waals surface area contributed by atoms with Gasteiger partial charge in [0.25, 0.3) is 5.56 Å². The van der Waals surface area contributed by atoms with E-state index in [1.54, 1.807) is 18.7 Å². The number of carbonyl (C=O) groups excluding carboxylic acids is 1. The van der Waals surface area contributed by atoms with E-state index in [0.29, 0.717) is 41.9 Å². The second-order valence-corrected chi connectivity index (χ2v) is 9.20. The molecule has 0 saturated heterocycles. The van der Waals surface area contributed by atoms with Gasteiger partial charge in [0.05, 0.1) is 12.3 Å². The van der Waals surface area contributed by atoms with Crippen molar-refractivity contribution in [3.63, 3.8) is 0 Å². The van der Waals surface area contributed by atoms with Gasteiger partial charge in [0.1, 0.15) is 0 Å². The molecular formula is C24H33N3O3S. The van der Waals surface area contributed by atoms with Crippen LogP contribution < -0.4 is 10.9 Å². The number of carbonyl (C=O) groups is 1. The number of aromatic nitrogens is 2. The summed E-state index contributed by atoms with van der Waals surface area (Å²) < 4.78 is 6.93. The largest absolute Gasteiger partial charge is 0.378 e. The van der Waals surface area contributed by atoms with Crippen molar-refractivity contribution < 1.29 is 9.53 Å². The summed E-state index contributed by atoms with van der Waals surface area (Å²) in [5.41, 5.74) is 2.39.